The molecular weight excluding hydrogens is 260 g/mol. The second-order valence-electron chi connectivity index (χ2n) is 4.53. The number of sulfone groups is 1. The van der Waals surface area contributed by atoms with Crippen molar-refractivity contribution in [2.45, 2.75) is 13.3 Å². The Morgan fingerprint density at radius 1 is 1.33 bits per heavy atom. The maximum Gasteiger partial charge on any atom is 0.317 e. The van der Waals surface area contributed by atoms with Gasteiger partial charge in [0.25, 0.3) is 0 Å². The lowest BCUT2D eigenvalue weighted by atomic mass is 10.1. The van der Waals surface area contributed by atoms with Gasteiger partial charge >= 0.3 is 12.0 Å². The van der Waals surface area contributed by atoms with Crippen molar-refractivity contribution < 1.29 is 23.1 Å². The molecule has 0 spiro atoms. The largest absolute Gasteiger partial charge is 0.481 e. The number of amides is 2. The quantitative estimate of drug-likeness (QED) is 0.724. The zero-order valence-corrected chi connectivity index (χ0v) is 11.1. The number of carbonyl (C=O) groups is 2. The van der Waals surface area contributed by atoms with E-state index in [0.717, 1.165) is 0 Å². The smallest absolute Gasteiger partial charge is 0.317 e. The minimum absolute atomic E-state index is 0.00530. The van der Waals surface area contributed by atoms with Crippen molar-refractivity contribution in [2.75, 3.05) is 31.1 Å². The third-order valence-corrected chi connectivity index (χ3v) is 4.37. The lowest BCUT2D eigenvalue weighted by molar-refractivity contribution is -0.137. The summed E-state index contributed by atoms with van der Waals surface area (Å²) in [6, 6.07) is -0.331. The minimum atomic E-state index is -3.00. The number of carboxylic acid groups (broad SMARTS) is 1. The van der Waals surface area contributed by atoms with Crippen LogP contribution in [0.15, 0.2) is 0 Å². The number of nitrogens with zero attached hydrogens (tertiary/aromatic N) is 1. The van der Waals surface area contributed by atoms with Crippen molar-refractivity contribution in [3.63, 3.8) is 0 Å². The highest BCUT2D eigenvalue weighted by Gasteiger charge is 2.25. The van der Waals surface area contributed by atoms with Crippen LogP contribution in [0.2, 0.25) is 0 Å². The van der Waals surface area contributed by atoms with Crippen LogP contribution in [-0.2, 0) is 14.6 Å². The Kier molecular flexibility index (Phi) is 4.94. The highest BCUT2D eigenvalue weighted by atomic mass is 32.2. The van der Waals surface area contributed by atoms with E-state index in [4.69, 9.17) is 5.11 Å². The molecule has 1 heterocycles. The van der Waals surface area contributed by atoms with Gasteiger partial charge < -0.3 is 15.3 Å². The number of nitrogens with one attached hydrogen (secondary N) is 1. The fourth-order valence-electron chi connectivity index (χ4n) is 1.66. The van der Waals surface area contributed by atoms with Gasteiger partial charge in [0.2, 0.25) is 0 Å². The first-order chi connectivity index (χ1) is 8.30. The van der Waals surface area contributed by atoms with Gasteiger partial charge in [0.1, 0.15) is 0 Å². The first-order valence-corrected chi connectivity index (χ1v) is 7.57. The zero-order valence-electron chi connectivity index (χ0n) is 10.3. The van der Waals surface area contributed by atoms with Crippen LogP contribution in [0, 0.1) is 5.92 Å². The first-order valence-electron chi connectivity index (χ1n) is 5.75. The predicted molar refractivity (Wildman–Crippen MR) is 65.0 cm³/mol. The normalized spacial score (nSPS) is 20.2. The van der Waals surface area contributed by atoms with Gasteiger partial charge in [-0.3, -0.25) is 4.79 Å². The molecule has 0 bridgehead atoms. The molecule has 0 aliphatic carbocycles. The predicted octanol–water partition coefficient (Wildman–Crippen LogP) is -0.463. The summed E-state index contributed by atoms with van der Waals surface area (Å²) in [4.78, 5) is 23.5. The van der Waals surface area contributed by atoms with Crippen LogP contribution in [0.1, 0.15) is 13.3 Å². The monoisotopic (exact) mass is 278 g/mol. The van der Waals surface area contributed by atoms with Gasteiger partial charge in [-0.2, -0.15) is 0 Å². The molecule has 0 radical (unpaired) electrons. The van der Waals surface area contributed by atoms with Crippen molar-refractivity contribution >= 4 is 21.8 Å². The lowest BCUT2D eigenvalue weighted by Crippen LogP contribution is -2.48. The molecule has 1 aliphatic rings. The van der Waals surface area contributed by atoms with Crippen LogP contribution in [0.5, 0.6) is 0 Å². The Bertz CT molecular complexity index is 406. The number of carbonyl (C=O) groups excluding carboxylic acids is 1. The molecule has 2 amide bonds. The highest BCUT2D eigenvalue weighted by molar-refractivity contribution is 7.91. The van der Waals surface area contributed by atoms with E-state index in [0.29, 0.717) is 0 Å². The number of urea groups is 1. The molecular formula is C10H18N2O5S. The Morgan fingerprint density at radius 2 is 1.89 bits per heavy atom. The zero-order chi connectivity index (χ0) is 13.8. The molecule has 1 aliphatic heterocycles. The number of hydrogen-bond acceptors (Lipinski definition) is 4. The third-order valence-electron chi connectivity index (χ3n) is 2.76. The SMILES string of the molecule is CC(CNC(=O)N1CCS(=O)(=O)CC1)CC(=O)O. The molecule has 1 atom stereocenters. The van der Waals surface area contributed by atoms with Crippen LogP contribution in [0.3, 0.4) is 0 Å². The first kappa shape index (κ1) is 14.7. The summed E-state index contributed by atoms with van der Waals surface area (Å²) >= 11 is 0. The summed E-state index contributed by atoms with van der Waals surface area (Å²) in [7, 11) is -3.00. The maximum absolute atomic E-state index is 11.7. The highest BCUT2D eigenvalue weighted by Crippen LogP contribution is 2.05. The minimum Gasteiger partial charge on any atom is -0.481 e. The van der Waals surface area contributed by atoms with Gasteiger partial charge in [0, 0.05) is 26.1 Å². The standard InChI is InChI=1S/C10H18N2O5S/c1-8(6-9(13)14)7-11-10(15)12-2-4-18(16,17)5-3-12/h8H,2-7H2,1H3,(H,11,15)(H,13,14). The maximum atomic E-state index is 11.7. The van der Waals surface area contributed by atoms with Crippen molar-refractivity contribution in [1.29, 1.82) is 0 Å². The Balaban J connectivity index is 2.32. The van der Waals surface area contributed by atoms with Crippen molar-refractivity contribution in [1.82, 2.24) is 10.2 Å². The van der Waals surface area contributed by atoms with Crippen LogP contribution in [0.25, 0.3) is 0 Å². The van der Waals surface area contributed by atoms with E-state index in [1.165, 1.54) is 4.90 Å². The Labute approximate surface area is 106 Å². The molecule has 0 aromatic rings. The van der Waals surface area contributed by atoms with Gasteiger partial charge in [-0.1, -0.05) is 6.92 Å². The summed E-state index contributed by atoms with van der Waals surface area (Å²) in [6.45, 7) is 2.40. The van der Waals surface area contributed by atoms with Crippen molar-refractivity contribution in [3.05, 3.63) is 0 Å². The van der Waals surface area contributed by atoms with E-state index < -0.39 is 15.8 Å². The van der Waals surface area contributed by atoms with Crippen LogP contribution in [0.4, 0.5) is 4.79 Å². The second kappa shape index (κ2) is 6.03. The van der Waals surface area contributed by atoms with E-state index in [1.807, 2.05) is 0 Å². The number of hydrogen-bond donors (Lipinski definition) is 2. The molecule has 2 N–H and O–H groups in total. The average molecular weight is 278 g/mol. The number of carboxylic acids is 1. The van der Waals surface area contributed by atoms with E-state index in [9.17, 15) is 18.0 Å². The van der Waals surface area contributed by atoms with Gasteiger partial charge in [-0.15, -0.1) is 0 Å². The molecule has 0 aromatic carbocycles. The van der Waals surface area contributed by atoms with Crippen LogP contribution >= 0.6 is 0 Å². The molecule has 7 nitrogen and oxygen atoms in total. The van der Waals surface area contributed by atoms with Gasteiger partial charge in [-0.05, 0) is 5.92 Å². The second-order valence-corrected chi connectivity index (χ2v) is 6.83. The fourth-order valence-corrected chi connectivity index (χ4v) is 2.86. The van der Waals surface area contributed by atoms with Crippen LogP contribution in [-0.4, -0.2) is 61.6 Å². The molecule has 1 unspecified atom stereocenters. The van der Waals surface area contributed by atoms with Crippen molar-refractivity contribution in [2.24, 2.45) is 5.92 Å². The molecule has 0 saturated carbocycles. The Morgan fingerprint density at radius 3 is 2.39 bits per heavy atom. The lowest BCUT2D eigenvalue weighted by Gasteiger charge is -2.27. The van der Waals surface area contributed by atoms with E-state index in [1.54, 1.807) is 6.92 Å². The van der Waals surface area contributed by atoms with Gasteiger partial charge in [0.05, 0.1) is 11.5 Å². The Hall–Kier alpha value is -1.31. The van der Waals surface area contributed by atoms with Crippen LogP contribution < -0.4 is 5.32 Å². The van der Waals surface area contributed by atoms with E-state index >= 15 is 0 Å². The van der Waals surface area contributed by atoms with Gasteiger partial charge in [-0.25, -0.2) is 13.2 Å². The number of aliphatic carboxylic acids is 1. The summed E-state index contributed by atoms with van der Waals surface area (Å²) in [5.74, 6) is -1.07. The molecule has 1 saturated heterocycles. The van der Waals surface area contributed by atoms with Crippen molar-refractivity contribution in [3.8, 4) is 0 Å². The molecule has 0 aromatic heterocycles. The summed E-state index contributed by atoms with van der Waals surface area (Å²) in [5.41, 5.74) is 0. The topological polar surface area (TPSA) is 104 Å². The molecule has 1 fully saturated rings. The average Bonchev–Trinajstić information content (AvgIpc) is 2.25. The third kappa shape index (κ3) is 4.91. The molecule has 104 valence electrons. The summed E-state index contributed by atoms with van der Waals surface area (Å²) in [5, 5.41) is 11.2. The van der Waals surface area contributed by atoms with E-state index in [2.05, 4.69) is 5.32 Å². The van der Waals surface area contributed by atoms with Gasteiger partial charge in [0.15, 0.2) is 9.84 Å². The molecule has 18 heavy (non-hydrogen) atoms. The summed E-state index contributed by atoms with van der Waals surface area (Å²) in [6.07, 6.45) is -0.00530. The number of rotatable bonds is 4. The molecule has 8 heteroatoms. The fraction of sp³-hybridized carbons (Fsp3) is 0.800. The summed E-state index contributed by atoms with van der Waals surface area (Å²) < 4.78 is 22.4. The van der Waals surface area contributed by atoms with E-state index in [-0.39, 0.29) is 49.5 Å². The molecule has 1 rings (SSSR count).